The molecule has 0 aromatic heterocycles. The SMILES string of the molecule is CN(C)c1ccc(CC(=O)O[C@@H]2[C@@H](O[C@@H]3O[C@H](COC(=O)Nc4ccc(N(C)C)cc4)[C@@H](O[C@H]4O[C@@H](CN)[C@@H](OC(=O)Nc5ccc(N(C)C)cc5)[C@H](OC(=O)Nc5ccc(N(C)C)cc5)[C@H]4N)[C@H]3OC(=O)Nc3ccc(N(C)C)cc3)[C@H](O[C@H]3O[C@H](CN)[C@@H](OC(=O)Nc4ccc(N(C)C)cc4)[C@H](OC(=O)Nc4ccc(N(C)C)cc4)[C@H]3N)[C@@H](N)C[C@H]2N)cc1.O=C(O)C(F)(F)F. The Morgan fingerprint density at radius 2 is 0.594 bits per heavy atom. The molecule has 3 aliphatic heterocycles. The van der Waals surface area contributed by atoms with Crippen LogP contribution in [0.15, 0.2) is 170 Å². The van der Waals surface area contributed by atoms with Gasteiger partial charge >= 0.3 is 54.7 Å². The summed E-state index contributed by atoms with van der Waals surface area (Å²) in [5.41, 5.74) is 50.2. The maximum Gasteiger partial charge on any atom is 0.490 e. The first-order valence-electron chi connectivity index (χ1n) is 42.1. The van der Waals surface area contributed by atoms with E-state index < -0.39 is 191 Å². The number of ether oxygens (including phenoxy) is 13. The van der Waals surface area contributed by atoms with Crippen LogP contribution in [0.1, 0.15) is 12.0 Å². The van der Waals surface area contributed by atoms with Crippen LogP contribution in [0.25, 0.3) is 0 Å². The molecule has 19 atom stereocenters. The molecule has 4 fully saturated rings. The van der Waals surface area contributed by atoms with Crippen molar-refractivity contribution in [1.29, 1.82) is 0 Å². The molecule has 11 rings (SSSR count). The number of alkyl halides is 3. The van der Waals surface area contributed by atoms with Gasteiger partial charge in [-0.25, -0.2) is 33.6 Å². The van der Waals surface area contributed by atoms with Crippen LogP contribution in [-0.2, 0) is 77.6 Å². The third-order valence-electron chi connectivity index (χ3n) is 21.7. The van der Waals surface area contributed by atoms with E-state index in [1.807, 2.05) is 145 Å². The van der Waals surface area contributed by atoms with E-state index in [9.17, 15) is 41.9 Å². The number of carbonyl (C=O) groups excluding carboxylic acids is 7. The number of amides is 6. The molecule has 3 heterocycles. The maximum atomic E-state index is 15.1. The summed E-state index contributed by atoms with van der Waals surface area (Å²) in [6.45, 7) is -1.68. The molecular formula is C89H118F3N19O22. The van der Waals surface area contributed by atoms with Gasteiger partial charge in [0.25, 0.3) is 0 Å². The zero-order chi connectivity index (χ0) is 97.0. The molecule has 0 radical (unpaired) electrons. The van der Waals surface area contributed by atoms with Crippen LogP contribution in [0.2, 0.25) is 0 Å². The number of carboxylic acids is 1. The minimum absolute atomic E-state index is 0.187. The Hall–Kier alpha value is -13.0. The fourth-order valence-electron chi connectivity index (χ4n) is 14.5. The van der Waals surface area contributed by atoms with Crippen LogP contribution in [0.5, 0.6) is 0 Å². The summed E-state index contributed by atoms with van der Waals surface area (Å²) in [6.07, 6.45) is -37.5. The van der Waals surface area contributed by atoms with Gasteiger partial charge in [0, 0.05) is 198 Å². The van der Waals surface area contributed by atoms with E-state index in [0.29, 0.717) is 34.0 Å². The molecule has 0 spiro atoms. The molecule has 1 aliphatic carbocycles. The lowest BCUT2D eigenvalue weighted by molar-refractivity contribution is -0.306. The number of nitrogens with one attached hydrogen (secondary N) is 6. The lowest BCUT2D eigenvalue weighted by Crippen LogP contribution is -2.69. The molecule has 1 saturated carbocycles. The third-order valence-corrected chi connectivity index (χ3v) is 21.7. The summed E-state index contributed by atoms with van der Waals surface area (Å²) in [7, 11) is 25.9. The number of carbonyl (C=O) groups is 8. The first-order valence-corrected chi connectivity index (χ1v) is 42.1. The summed E-state index contributed by atoms with van der Waals surface area (Å²) >= 11 is 0. The van der Waals surface area contributed by atoms with Crippen molar-refractivity contribution in [2.75, 3.05) is 185 Å². The quantitative estimate of drug-likeness (QED) is 0.0147. The number of hydrogen-bond acceptors (Lipinski definition) is 34. The van der Waals surface area contributed by atoms with Gasteiger partial charge in [-0.3, -0.25) is 36.7 Å². The number of nitrogens with two attached hydrogens (primary N) is 6. The molecule has 41 nitrogen and oxygen atoms in total. The molecule has 0 unspecified atom stereocenters. The maximum absolute atomic E-state index is 15.1. The van der Waals surface area contributed by atoms with Gasteiger partial charge in [-0.15, -0.1) is 0 Å². The summed E-state index contributed by atoms with van der Waals surface area (Å²) in [6, 6.07) is 42.0. The van der Waals surface area contributed by atoms with Gasteiger partial charge in [0.2, 0.25) is 0 Å². The van der Waals surface area contributed by atoms with Gasteiger partial charge in [-0.2, -0.15) is 13.2 Å². The zero-order valence-corrected chi connectivity index (χ0v) is 75.9. The highest BCUT2D eigenvalue weighted by atomic mass is 19.4. The highest BCUT2D eigenvalue weighted by Crippen LogP contribution is 2.40. The van der Waals surface area contributed by atoms with E-state index in [4.69, 9.17) is 106 Å². The average Bonchev–Trinajstić information content (AvgIpc) is 1.74. The van der Waals surface area contributed by atoms with Crippen LogP contribution in [-0.4, -0.2) is 294 Å². The number of benzene rings is 7. The Morgan fingerprint density at radius 1 is 0.338 bits per heavy atom. The Labute approximate surface area is 767 Å². The summed E-state index contributed by atoms with van der Waals surface area (Å²) in [5.74, 6) is -3.58. The van der Waals surface area contributed by atoms with E-state index in [1.54, 1.807) is 158 Å². The van der Waals surface area contributed by atoms with E-state index >= 15 is 4.79 Å². The summed E-state index contributed by atoms with van der Waals surface area (Å²) in [5, 5.41) is 23.4. The van der Waals surface area contributed by atoms with Crippen molar-refractivity contribution in [3.63, 3.8) is 0 Å². The lowest BCUT2D eigenvalue weighted by atomic mass is 9.84. The second-order valence-corrected chi connectivity index (χ2v) is 33.0. The molecule has 3 saturated heterocycles. The first-order chi connectivity index (χ1) is 63.0. The van der Waals surface area contributed by atoms with Gasteiger partial charge in [0.1, 0.15) is 49.3 Å². The number of aliphatic carboxylic acids is 1. The molecule has 7 aromatic carbocycles. The molecular weight excluding hydrogens is 1740 g/mol. The largest absolute Gasteiger partial charge is 0.490 e. The highest BCUT2D eigenvalue weighted by molar-refractivity contribution is 5.89. The molecule has 7 aromatic rings. The van der Waals surface area contributed by atoms with E-state index in [0.717, 1.165) is 39.8 Å². The number of hydrogen-bond donors (Lipinski definition) is 13. The Kier molecular flexibility index (Phi) is 35.6. The van der Waals surface area contributed by atoms with E-state index in [1.165, 1.54) is 0 Å². The Bertz CT molecular complexity index is 4990. The van der Waals surface area contributed by atoms with E-state index in [-0.39, 0.29) is 18.5 Å². The van der Waals surface area contributed by atoms with Gasteiger partial charge in [0.05, 0.1) is 18.5 Å². The average molecular weight is 1860 g/mol. The van der Waals surface area contributed by atoms with E-state index in [2.05, 4.69) is 31.9 Å². The second kappa shape index (κ2) is 46.4. The number of esters is 1. The minimum Gasteiger partial charge on any atom is -0.475 e. The Morgan fingerprint density at radius 3 is 0.887 bits per heavy atom. The van der Waals surface area contributed by atoms with Crippen molar-refractivity contribution in [3.8, 4) is 0 Å². The van der Waals surface area contributed by atoms with Crippen molar-refractivity contribution in [1.82, 2.24) is 0 Å². The molecule has 722 valence electrons. The van der Waals surface area contributed by atoms with Crippen LogP contribution in [0.4, 0.5) is 116 Å². The lowest BCUT2D eigenvalue weighted by Gasteiger charge is -2.48. The van der Waals surface area contributed by atoms with Crippen LogP contribution in [0, 0.1) is 0 Å². The highest BCUT2D eigenvalue weighted by Gasteiger charge is 2.59. The topological polar surface area (TPSA) is 528 Å². The summed E-state index contributed by atoms with van der Waals surface area (Å²) < 4.78 is 117. The monoisotopic (exact) mass is 1860 g/mol. The first kappa shape index (κ1) is 102. The number of carboxylic acid groups (broad SMARTS) is 1. The van der Waals surface area contributed by atoms with Crippen LogP contribution >= 0.6 is 0 Å². The fourth-order valence-corrected chi connectivity index (χ4v) is 14.5. The predicted molar refractivity (Wildman–Crippen MR) is 492 cm³/mol. The fraction of sp³-hybridized carbons (Fsp3) is 0.438. The molecule has 133 heavy (non-hydrogen) atoms. The third kappa shape index (κ3) is 28.3. The zero-order valence-electron chi connectivity index (χ0n) is 75.9. The predicted octanol–water partition coefficient (Wildman–Crippen LogP) is 7.53. The number of nitrogens with zero attached hydrogens (tertiary/aromatic N) is 7. The number of halogens is 3. The van der Waals surface area contributed by atoms with Crippen molar-refractivity contribution in [2.24, 2.45) is 34.4 Å². The van der Waals surface area contributed by atoms with Crippen LogP contribution < -0.4 is 101 Å². The molecule has 4 aliphatic rings. The molecule has 0 bridgehead atoms. The van der Waals surface area contributed by atoms with Crippen molar-refractivity contribution in [3.05, 3.63) is 175 Å². The van der Waals surface area contributed by atoms with Crippen molar-refractivity contribution in [2.45, 2.75) is 135 Å². The van der Waals surface area contributed by atoms with Crippen molar-refractivity contribution >= 4 is 122 Å². The minimum atomic E-state index is -5.08. The van der Waals surface area contributed by atoms with Gasteiger partial charge < -0.3 is 135 Å². The van der Waals surface area contributed by atoms with Gasteiger partial charge in [0.15, 0.2) is 49.4 Å². The summed E-state index contributed by atoms with van der Waals surface area (Å²) in [4.78, 5) is 124. The normalized spacial score (nSPS) is 24.2. The van der Waals surface area contributed by atoms with Gasteiger partial charge in [-0.05, 0) is 170 Å². The van der Waals surface area contributed by atoms with Crippen LogP contribution in [0.3, 0.4) is 0 Å². The molecule has 19 N–H and O–H groups in total. The standard InChI is InChI=1S/C87H117N19O20.C2HF3O2/c1-100(2)55-29-15-48(16-30-55)43-67(107)118-70-62(90)44-63(91)71(119-79-68(92)75(124-85(111)97-52-23-37-59(38-24-52)104(9)10)72(64(45-88)115-79)122-83(109)95-50-19-33-57(34-20-50)102(5)6)77(70)121-81-78(126-87(113)99-54-27-41-61(42-28-54)106(13)14)74(66(117-81)47-114-82(108)94-49-17-31-56(32-18-49)101(3)4)120-80-69(93)76(125-86(112)98-53-25-39-60(40-26-53)105(11)12)73(65(46-89)116-80)123-84(110)96-51-21-35-58(36-22-51)103(7)8;3-2(4,5)1(6)7/h15-42,62-66,68-81H,43-47,88-93H2,1-14H3,(H,94,108)(H,95,109)(H,96,110)(H,97,111)(H,98,112)(H,99,113);(H,6,7)/t62-,63+,64-,65+,66-,68-,69-,70+,71-,72-,73-,74-,75-,76-,77-,78-,79-,80-,81+;/m1./s1. The number of anilines is 13. The number of rotatable bonds is 31. The molecule has 44 heteroatoms. The smallest absolute Gasteiger partial charge is 0.475 e. The Balaban J connectivity index is 0.00000251. The van der Waals surface area contributed by atoms with Gasteiger partial charge in [-0.1, -0.05) is 12.1 Å². The second-order valence-electron chi connectivity index (χ2n) is 33.0. The van der Waals surface area contributed by atoms with Crippen molar-refractivity contribution < 1.29 is 118 Å². The molecule has 6 amide bonds.